The molecule has 2 aromatic carbocycles. The van der Waals surface area contributed by atoms with Gasteiger partial charge >= 0.3 is 5.97 Å². The van der Waals surface area contributed by atoms with E-state index in [1.807, 2.05) is 6.07 Å². The summed E-state index contributed by atoms with van der Waals surface area (Å²) in [4.78, 5) is 16.5. The number of benzene rings is 2. The van der Waals surface area contributed by atoms with Crippen LogP contribution in [0.3, 0.4) is 0 Å². The van der Waals surface area contributed by atoms with E-state index in [9.17, 15) is 9.90 Å². The van der Waals surface area contributed by atoms with E-state index in [2.05, 4.69) is 15.4 Å². The Balaban J connectivity index is 1.73. The van der Waals surface area contributed by atoms with E-state index >= 15 is 0 Å². The maximum absolute atomic E-state index is 11.4. The number of aromatic nitrogens is 2. The Kier molecular flexibility index (Phi) is 8.79. The van der Waals surface area contributed by atoms with E-state index < -0.39 is 12.1 Å². The second-order valence-electron chi connectivity index (χ2n) is 6.80. The van der Waals surface area contributed by atoms with Gasteiger partial charge in [-0.1, -0.05) is 35.0 Å². The van der Waals surface area contributed by atoms with Crippen LogP contribution in [-0.2, 0) is 20.8 Å². The van der Waals surface area contributed by atoms with Crippen LogP contribution in [0.2, 0.25) is 5.02 Å². The van der Waals surface area contributed by atoms with Gasteiger partial charge in [0.05, 0.1) is 0 Å². The number of hydrogen-bond donors (Lipinski definition) is 1. The average Bonchev–Trinajstić information content (AvgIpc) is 3.29. The van der Waals surface area contributed by atoms with E-state index in [0.717, 1.165) is 5.56 Å². The lowest BCUT2D eigenvalue weighted by Gasteiger charge is -2.13. The lowest BCUT2D eigenvalue weighted by atomic mass is 10.1. The normalized spacial score (nSPS) is 12.4. The summed E-state index contributed by atoms with van der Waals surface area (Å²) in [5, 5.41) is 22.0. The first-order valence-electron chi connectivity index (χ1n) is 10.3. The first-order chi connectivity index (χ1) is 16.0. The fraction of sp³-hybridized carbons (Fsp3) is 0.304. The Morgan fingerprint density at radius 1 is 1.15 bits per heavy atom. The zero-order valence-electron chi connectivity index (χ0n) is 18.2. The van der Waals surface area contributed by atoms with Crippen molar-refractivity contribution in [3.05, 3.63) is 65.0 Å². The smallest absolute Gasteiger partial charge is 0.333 e. The number of oxime groups is 1. The molecular formula is C23H24ClN3O6. The molecule has 0 spiro atoms. The molecule has 0 aliphatic rings. The second kappa shape index (κ2) is 12.0. The van der Waals surface area contributed by atoms with Gasteiger partial charge in [0.1, 0.15) is 19.0 Å². The van der Waals surface area contributed by atoms with E-state index in [-0.39, 0.29) is 24.8 Å². The zero-order chi connectivity index (χ0) is 23.6. The largest absolute Gasteiger partial charge is 0.487 e. The Bertz CT molecular complexity index is 1100. The van der Waals surface area contributed by atoms with Gasteiger partial charge < -0.3 is 23.8 Å². The van der Waals surface area contributed by atoms with Gasteiger partial charge in [0.15, 0.2) is 11.8 Å². The maximum Gasteiger partial charge on any atom is 0.333 e. The van der Waals surface area contributed by atoms with Crippen LogP contribution in [0.1, 0.15) is 25.3 Å². The van der Waals surface area contributed by atoms with Crippen molar-refractivity contribution in [2.24, 2.45) is 5.16 Å². The predicted octanol–water partition coefficient (Wildman–Crippen LogP) is 4.24. The van der Waals surface area contributed by atoms with E-state index in [1.165, 1.54) is 0 Å². The Labute approximate surface area is 195 Å². The molecular weight excluding hydrogens is 450 g/mol. The number of carboxylic acid groups (broad SMARTS) is 1. The maximum atomic E-state index is 11.4. The van der Waals surface area contributed by atoms with Gasteiger partial charge in [-0.25, -0.2) is 4.79 Å². The van der Waals surface area contributed by atoms with Crippen LogP contribution < -0.4 is 4.74 Å². The fourth-order valence-electron chi connectivity index (χ4n) is 2.89. The van der Waals surface area contributed by atoms with Gasteiger partial charge in [0.25, 0.3) is 5.89 Å². The lowest BCUT2D eigenvalue weighted by molar-refractivity contribution is -0.149. The van der Waals surface area contributed by atoms with Crippen molar-refractivity contribution in [1.29, 1.82) is 0 Å². The van der Waals surface area contributed by atoms with E-state index in [4.69, 9.17) is 30.3 Å². The molecule has 0 radical (unpaired) electrons. The van der Waals surface area contributed by atoms with Crippen molar-refractivity contribution in [2.45, 2.75) is 26.4 Å². The minimum Gasteiger partial charge on any atom is -0.487 e. The number of carbonyl (C=O) groups is 1. The molecule has 1 unspecified atom stereocenters. The number of rotatable bonds is 12. The Morgan fingerprint density at radius 2 is 1.97 bits per heavy atom. The molecule has 0 fully saturated rings. The number of halogens is 1. The van der Waals surface area contributed by atoms with Crippen molar-refractivity contribution in [3.8, 4) is 17.2 Å². The fourth-order valence-corrected chi connectivity index (χ4v) is 3.08. The molecule has 0 saturated carbocycles. The molecule has 1 heterocycles. The number of nitrogens with zero attached hydrogens (tertiary/aromatic N) is 3. The molecule has 0 aliphatic carbocycles. The quantitative estimate of drug-likeness (QED) is 0.306. The average molecular weight is 474 g/mol. The number of ether oxygens (including phenoxy) is 2. The lowest BCUT2D eigenvalue weighted by Crippen LogP contribution is -2.26. The van der Waals surface area contributed by atoms with Crippen LogP contribution in [0.5, 0.6) is 5.75 Å². The molecule has 0 bridgehead atoms. The minimum absolute atomic E-state index is 0.00550. The summed E-state index contributed by atoms with van der Waals surface area (Å²) in [6.07, 6.45) is -0.712. The molecule has 1 N–H and O–H groups in total. The molecule has 33 heavy (non-hydrogen) atoms. The molecule has 10 heteroatoms. The van der Waals surface area contributed by atoms with Crippen molar-refractivity contribution >= 4 is 23.3 Å². The SMILES string of the molecule is CCON=C(COc1cccc(CC(OCC)C(=O)O)c1)c1nnc(-c2cccc(Cl)c2)o1. The highest BCUT2D eigenvalue weighted by Gasteiger charge is 2.19. The predicted molar refractivity (Wildman–Crippen MR) is 122 cm³/mol. The van der Waals surface area contributed by atoms with Gasteiger partial charge in [-0.2, -0.15) is 0 Å². The van der Waals surface area contributed by atoms with E-state index in [0.29, 0.717) is 35.3 Å². The molecule has 3 aromatic rings. The van der Waals surface area contributed by atoms with E-state index in [1.54, 1.807) is 56.3 Å². The van der Waals surface area contributed by atoms with Gasteiger partial charge in [0, 0.05) is 23.6 Å². The first kappa shape index (κ1) is 24.2. The monoisotopic (exact) mass is 473 g/mol. The molecule has 0 amide bonds. The topological polar surface area (TPSA) is 116 Å². The third-order valence-corrected chi connectivity index (χ3v) is 4.62. The van der Waals surface area contributed by atoms with Crippen LogP contribution in [0.4, 0.5) is 0 Å². The summed E-state index contributed by atoms with van der Waals surface area (Å²) in [7, 11) is 0. The van der Waals surface area contributed by atoms with Crippen molar-refractivity contribution < 1.29 is 28.6 Å². The number of carboxylic acids is 1. The second-order valence-corrected chi connectivity index (χ2v) is 7.24. The summed E-state index contributed by atoms with van der Waals surface area (Å²) in [5.74, 6) is -0.0562. The van der Waals surface area contributed by atoms with Crippen molar-refractivity contribution in [1.82, 2.24) is 10.2 Å². The zero-order valence-corrected chi connectivity index (χ0v) is 19.0. The number of aliphatic carboxylic acids is 1. The molecule has 1 atom stereocenters. The van der Waals surface area contributed by atoms with Crippen LogP contribution in [0.15, 0.2) is 58.1 Å². The molecule has 9 nitrogen and oxygen atoms in total. The molecule has 3 rings (SSSR count). The van der Waals surface area contributed by atoms with Crippen LogP contribution in [0, 0.1) is 0 Å². The van der Waals surface area contributed by atoms with Gasteiger partial charge in [-0.05, 0) is 49.7 Å². The van der Waals surface area contributed by atoms with Crippen LogP contribution in [0.25, 0.3) is 11.5 Å². The summed E-state index contributed by atoms with van der Waals surface area (Å²) in [6.45, 7) is 4.21. The van der Waals surface area contributed by atoms with Gasteiger partial charge in [-0.15, -0.1) is 10.2 Å². The molecule has 0 aliphatic heterocycles. The third-order valence-electron chi connectivity index (χ3n) is 4.39. The van der Waals surface area contributed by atoms with Gasteiger partial charge in [-0.3, -0.25) is 0 Å². The molecule has 174 valence electrons. The third kappa shape index (κ3) is 7.03. The van der Waals surface area contributed by atoms with Gasteiger partial charge in [0.2, 0.25) is 5.89 Å². The van der Waals surface area contributed by atoms with Crippen LogP contribution >= 0.6 is 11.6 Å². The summed E-state index contributed by atoms with van der Waals surface area (Å²) >= 11 is 6.04. The highest BCUT2D eigenvalue weighted by Crippen LogP contribution is 2.22. The number of hydrogen-bond acceptors (Lipinski definition) is 8. The first-order valence-corrected chi connectivity index (χ1v) is 10.7. The molecule has 1 aromatic heterocycles. The Morgan fingerprint density at radius 3 is 2.70 bits per heavy atom. The highest BCUT2D eigenvalue weighted by atomic mass is 35.5. The van der Waals surface area contributed by atoms with Crippen molar-refractivity contribution in [3.63, 3.8) is 0 Å². The summed E-state index contributed by atoms with van der Waals surface area (Å²) in [5.41, 5.74) is 1.74. The summed E-state index contributed by atoms with van der Waals surface area (Å²) < 4.78 is 16.9. The molecule has 0 saturated heterocycles. The van der Waals surface area contributed by atoms with Crippen LogP contribution in [-0.4, -0.2) is 52.9 Å². The summed E-state index contributed by atoms with van der Waals surface area (Å²) in [6, 6.07) is 14.1. The highest BCUT2D eigenvalue weighted by molar-refractivity contribution is 6.30. The Hall–Kier alpha value is -3.43. The van der Waals surface area contributed by atoms with Crippen molar-refractivity contribution in [2.75, 3.05) is 19.8 Å². The minimum atomic E-state index is -1.01. The standard InChI is InChI=1S/C23H24ClN3O6/c1-3-30-20(23(28)29)12-15-7-5-10-18(11-15)31-14-19(27-32-4-2)22-26-25-21(33-22)16-8-6-9-17(24)13-16/h5-11,13,20H,3-4,12,14H2,1-2H3,(H,28,29).